The first-order valence-electron chi connectivity index (χ1n) is 13.2. The Labute approximate surface area is 216 Å². The Morgan fingerprint density at radius 1 is 0.909 bits per heavy atom. The third kappa shape index (κ3) is 8.10. The van der Waals surface area contributed by atoms with Crippen molar-refractivity contribution in [2.75, 3.05) is 33.7 Å². The van der Waals surface area contributed by atoms with Gasteiger partial charge >= 0.3 is 0 Å². The number of likely N-dealkylation sites (tertiary alicyclic amines) is 1. The van der Waals surface area contributed by atoms with Gasteiger partial charge in [-0.2, -0.15) is 0 Å². The molecule has 1 heterocycles. The van der Waals surface area contributed by atoms with Crippen molar-refractivity contribution in [2.45, 2.75) is 102 Å². The first-order valence-corrected chi connectivity index (χ1v) is 13.2. The molecule has 1 aliphatic heterocycles. The van der Waals surface area contributed by atoms with Crippen molar-refractivity contribution in [3.63, 3.8) is 0 Å². The Kier molecular flexibility index (Phi) is 13.9. The van der Waals surface area contributed by atoms with Crippen LogP contribution in [0.2, 0.25) is 0 Å². The zero-order valence-corrected chi connectivity index (χ0v) is 23.1. The molecule has 2 aliphatic rings. The first kappa shape index (κ1) is 30.7. The van der Waals surface area contributed by atoms with E-state index in [1.54, 1.807) is 0 Å². The standard InChI is InChI=1S/C28H48N2O.2ClH/c1-4-5-6-7-8-15-20-28(31)21-22-30(24-26(28)23-29(2)3)27(18-13-10-14-19-27)25-16-11-9-12-17-25;;/h9,11-12,16-17,26,31H,4-8,10,13-15,18-24H2,1-3H3;2*1H. The minimum absolute atomic E-state index is 0. The summed E-state index contributed by atoms with van der Waals surface area (Å²) in [4.78, 5) is 5.07. The van der Waals surface area contributed by atoms with Crippen LogP contribution in [0.25, 0.3) is 0 Å². The van der Waals surface area contributed by atoms with E-state index < -0.39 is 5.60 Å². The molecule has 1 saturated heterocycles. The maximum absolute atomic E-state index is 11.8. The number of nitrogens with zero attached hydrogens (tertiary/aromatic N) is 2. The van der Waals surface area contributed by atoms with Gasteiger partial charge in [0.2, 0.25) is 0 Å². The lowest BCUT2D eigenvalue weighted by molar-refractivity contribution is -0.114. The van der Waals surface area contributed by atoms with Crippen LogP contribution >= 0.6 is 24.8 Å². The molecular weight excluding hydrogens is 451 g/mol. The van der Waals surface area contributed by atoms with E-state index in [-0.39, 0.29) is 30.4 Å². The molecule has 1 N–H and O–H groups in total. The Hall–Kier alpha value is -0.320. The number of aliphatic hydroxyl groups is 1. The first-order chi connectivity index (χ1) is 15.0. The van der Waals surface area contributed by atoms with E-state index >= 15 is 0 Å². The Morgan fingerprint density at radius 3 is 2.18 bits per heavy atom. The highest BCUT2D eigenvalue weighted by atomic mass is 35.5. The number of unbranched alkanes of at least 4 members (excludes halogenated alkanes) is 5. The van der Waals surface area contributed by atoms with Gasteiger partial charge in [-0.15, -0.1) is 24.8 Å². The van der Waals surface area contributed by atoms with Crippen LogP contribution in [0.4, 0.5) is 0 Å². The second-order valence-electron chi connectivity index (χ2n) is 10.7. The molecule has 0 bridgehead atoms. The molecule has 1 aromatic rings. The number of rotatable bonds is 11. The van der Waals surface area contributed by atoms with Gasteiger partial charge in [0.15, 0.2) is 0 Å². The van der Waals surface area contributed by atoms with Crippen molar-refractivity contribution in [2.24, 2.45) is 5.92 Å². The highest BCUT2D eigenvalue weighted by molar-refractivity contribution is 5.85. The van der Waals surface area contributed by atoms with E-state index in [0.717, 1.165) is 32.5 Å². The topological polar surface area (TPSA) is 26.7 Å². The molecule has 0 amide bonds. The molecule has 1 aliphatic carbocycles. The quantitative estimate of drug-likeness (QED) is 0.329. The summed E-state index contributed by atoms with van der Waals surface area (Å²) in [6.07, 6.45) is 16.2. The van der Waals surface area contributed by atoms with Crippen LogP contribution in [0.1, 0.15) is 96.0 Å². The number of benzene rings is 1. The van der Waals surface area contributed by atoms with Gasteiger partial charge in [0, 0.05) is 31.1 Å². The van der Waals surface area contributed by atoms with E-state index in [4.69, 9.17) is 0 Å². The Balaban J connectivity index is 0.00000272. The molecule has 0 spiro atoms. The van der Waals surface area contributed by atoms with Crippen LogP contribution in [0.15, 0.2) is 30.3 Å². The van der Waals surface area contributed by atoms with Gasteiger partial charge in [-0.25, -0.2) is 0 Å². The summed E-state index contributed by atoms with van der Waals surface area (Å²) in [5.41, 5.74) is 1.17. The van der Waals surface area contributed by atoms with Crippen LogP contribution in [0.3, 0.4) is 0 Å². The molecule has 33 heavy (non-hydrogen) atoms. The van der Waals surface area contributed by atoms with Crippen LogP contribution in [-0.2, 0) is 5.54 Å². The van der Waals surface area contributed by atoms with Gasteiger partial charge in [-0.05, 0) is 45.3 Å². The SMILES string of the molecule is CCCCCCCCC1(O)CCN(C2(c3ccccc3)CCCCC2)CC1CN(C)C.Cl.Cl. The lowest BCUT2D eigenvalue weighted by Gasteiger charge is -2.54. The summed E-state index contributed by atoms with van der Waals surface area (Å²) in [5, 5.41) is 11.8. The fourth-order valence-electron chi connectivity index (χ4n) is 6.33. The lowest BCUT2D eigenvalue weighted by Crippen LogP contribution is -2.60. The molecule has 0 aromatic heterocycles. The zero-order chi connectivity index (χ0) is 22.2. The van der Waals surface area contributed by atoms with Gasteiger partial charge in [0.05, 0.1) is 5.60 Å². The summed E-state index contributed by atoms with van der Waals surface area (Å²) in [5.74, 6) is 0.328. The molecule has 2 atom stereocenters. The van der Waals surface area contributed by atoms with E-state index in [0.29, 0.717) is 5.92 Å². The fourth-order valence-corrected chi connectivity index (χ4v) is 6.33. The maximum Gasteiger partial charge on any atom is 0.0712 e. The lowest BCUT2D eigenvalue weighted by atomic mass is 9.71. The smallest absolute Gasteiger partial charge is 0.0712 e. The molecule has 3 rings (SSSR count). The predicted molar refractivity (Wildman–Crippen MR) is 147 cm³/mol. The maximum atomic E-state index is 11.8. The third-order valence-electron chi connectivity index (χ3n) is 8.16. The second kappa shape index (κ2) is 14.9. The van der Waals surface area contributed by atoms with E-state index in [1.165, 1.54) is 76.2 Å². The largest absolute Gasteiger partial charge is 0.389 e. The van der Waals surface area contributed by atoms with Crippen molar-refractivity contribution in [1.82, 2.24) is 9.80 Å². The highest BCUT2D eigenvalue weighted by Crippen LogP contribution is 2.46. The summed E-state index contributed by atoms with van der Waals surface area (Å²) < 4.78 is 0. The van der Waals surface area contributed by atoms with Crippen molar-refractivity contribution in [1.29, 1.82) is 0 Å². The molecule has 0 radical (unpaired) electrons. The monoisotopic (exact) mass is 500 g/mol. The third-order valence-corrected chi connectivity index (χ3v) is 8.16. The van der Waals surface area contributed by atoms with Crippen LogP contribution < -0.4 is 0 Å². The molecule has 5 heteroatoms. The van der Waals surface area contributed by atoms with Crippen molar-refractivity contribution < 1.29 is 5.11 Å². The van der Waals surface area contributed by atoms with Gasteiger partial charge < -0.3 is 10.0 Å². The van der Waals surface area contributed by atoms with Crippen molar-refractivity contribution >= 4 is 24.8 Å². The minimum atomic E-state index is -0.502. The fraction of sp³-hybridized carbons (Fsp3) is 0.786. The Morgan fingerprint density at radius 2 is 1.55 bits per heavy atom. The predicted octanol–water partition coefficient (Wildman–Crippen LogP) is 7.05. The highest BCUT2D eigenvalue weighted by Gasteiger charge is 2.47. The molecule has 192 valence electrons. The minimum Gasteiger partial charge on any atom is -0.389 e. The summed E-state index contributed by atoms with van der Waals surface area (Å²) in [6.45, 7) is 5.31. The summed E-state index contributed by atoms with van der Waals surface area (Å²) >= 11 is 0. The van der Waals surface area contributed by atoms with Gasteiger partial charge in [0.25, 0.3) is 0 Å². The molecular formula is C28H50Cl2N2O. The molecule has 1 aromatic carbocycles. The van der Waals surface area contributed by atoms with Crippen LogP contribution in [-0.4, -0.2) is 54.2 Å². The Bertz CT molecular complexity index is 636. The molecule has 3 nitrogen and oxygen atoms in total. The van der Waals surface area contributed by atoms with Crippen LogP contribution in [0, 0.1) is 5.92 Å². The summed E-state index contributed by atoms with van der Waals surface area (Å²) in [7, 11) is 4.33. The number of hydrogen-bond donors (Lipinski definition) is 1. The van der Waals surface area contributed by atoms with E-state index in [1.807, 2.05) is 0 Å². The number of hydrogen-bond acceptors (Lipinski definition) is 3. The van der Waals surface area contributed by atoms with Crippen molar-refractivity contribution in [3.8, 4) is 0 Å². The van der Waals surface area contributed by atoms with Crippen molar-refractivity contribution in [3.05, 3.63) is 35.9 Å². The normalized spacial score (nSPS) is 25.3. The zero-order valence-electron chi connectivity index (χ0n) is 21.4. The van der Waals surface area contributed by atoms with E-state index in [2.05, 4.69) is 61.2 Å². The molecule has 2 unspecified atom stereocenters. The van der Waals surface area contributed by atoms with Gasteiger partial charge in [0.1, 0.15) is 0 Å². The van der Waals surface area contributed by atoms with E-state index in [9.17, 15) is 5.11 Å². The molecule has 2 fully saturated rings. The average Bonchev–Trinajstić information content (AvgIpc) is 2.78. The number of halogens is 2. The van der Waals surface area contributed by atoms with Gasteiger partial charge in [-0.1, -0.05) is 95.0 Å². The number of piperidine rings is 1. The van der Waals surface area contributed by atoms with Gasteiger partial charge in [-0.3, -0.25) is 4.90 Å². The summed E-state index contributed by atoms with van der Waals surface area (Å²) in [6, 6.07) is 11.3. The molecule has 1 saturated carbocycles. The second-order valence-corrected chi connectivity index (χ2v) is 10.7. The average molecular weight is 502 g/mol. The van der Waals surface area contributed by atoms with Crippen LogP contribution in [0.5, 0.6) is 0 Å².